The summed E-state index contributed by atoms with van der Waals surface area (Å²) in [5.74, 6) is 2.14. The van der Waals surface area contributed by atoms with Crippen molar-refractivity contribution in [3.8, 4) is 17.2 Å². The molecule has 0 amide bonds. The minimum atomic E-state index is -0.327. The fraction of sp³-hybridized carbons (Fsp3) is 0.364. The van der Waals surface area contributed by atoms with E-state index in [1.807, 2.05) is 19.1 Å². The summed E-state index contributed by atoms with van der Waals surface area (Å²) in [6.45, 7) is 1.91. The molecule has 1 aliphatic carbocycles. The van der Waals surface area contributed by atoms with Gasteiger partial charge in [-0.05, 0) is 48.1 Å². The number of ether oxygens (including phenoxy) is 3. The van der Waals surface area contributed by atoms with Gasteiger partial charge in [0.05, 0.1) is 32.3 Å². The van der Waals surface area contributed by atoms with E-state index < -0.39 is 0 Å². The summed E-state index contributed by atoms with van der Waals surface area (Å²) in [5, 5.41) is 15.0. The van der Waals surface area contributed by atoms with Gasteiger partial charge in [-0.2, -0.15) is 0 Å². The summed E-state index contributed by atoms with van der Waals surface area (Å²) in [6.07, 6.45) is 5.21. The fourth-order valence-electron chi connectivity index (χ4n) is 4.58. The van der Waals surface area contributed by atoms with Crippen molar-refractivity contribution in [2.24, 2.45) is 5.92 Å². The third-order valence-electron chi connectivity index (χ3n) is 5.91. The van der Waals surface area contributed by atoms with E-state index in [0.717, 1.165) is 28.8 Å². The minimum Gasteiger partial charge on any atom is -0.493 e. The molecule has 7 nitrogen and oxygen atoms in total. The molecule has 2 aromatic rings. The zero-order chi connectivity index (χ0) is 20.7. The molecule has 7 heteroatoms. The summed E-state index contributed by atoms with van der Waals surface area (Å²) < 4.78 is 16.5. The summed E-state index contributed by atoms with van der Waals surface area (Å²) in [5.41, 5.74) is 3.97. The van der Waals surface area contributed by atoms with E-state index in [9.17, 15) is 10.1 Å². The Hall–Kier alpha value is -3.22. The van der Waals surface area contributed by atoms with Crippen molar-refractivity contribution in [1.29, 1.82) is 0 Å². The second-order valence-electron chi connectivity index (χ2n) is 7.42. The number of hydrogen-bond donors (Lipinski definition) is 1. The van der Waals surface area contributed by atoms with Crippen LogP contribution in [-0.2, 0) is 0 Å². The maximum Gasteiger partial charge on any atom is 0.270 e. The number of non-ortho nitro benzene ring substituents is 1. The molecule has 0 radical (unpaired) electrons. The Morgan fingerprint density at radius 2 is 1.76 bits per heavy atom. The number of aryl methyl sites for hydroxylation is 1. The van der Waals surface area contributed by atoms with Crippen LogP contribution in [0.5, 0.6) is 17.2 Å². The van der Waals surface area contributed by atoms with Crippen molar-refractivity contribution in [3.63, 3.8) is 0 Å². The molecule has 0 fully saturated rings. The van der Waals surface area contributed by atoms with Crippen LogP contribution in [0.15, 0.2) is 36.4 Å². The molecule has 2 aromatic carbocycles. The predicted molar refractivity (Wildman–Crippen MR) is 110 cm³/mol. The van der Waals surface area contributed by atoms with E-state index in [1.54, 1.807) is 33.5 Å². The maximum atomic E-state index is 11.3. The number of anilines is 1. The van der Waals surface area contributed by atoms with Crippen LogP contribution < -0.4 is 19.5 Å². The zero-order valence-corrected chi connectivity index (χ0v) is 16.9. The molecule has 0 aromatic heterocycles. The second-order valence-corrected chi connectivity index (χ2v) is 7.42. The maximum absolute atomic E-state index is 11.3. The largest absolute Gasteiger partial charge is 0.493 e. The molecule has 4 rings (SSSR count). The Kier molecular flexibility index (Phi) is 4.82. The average molecular weight is 396 g/mol. The topological polar surface area (TPSA) is 82.9 Å². The molecular weight excluding hydrogens is 372 g/mol. The first-order chi connectivity index (χ1) is 14.0. The van der Waals surface area contributed by atoms with Gasteiger partial charge in [-0.25, -0.2) is 0 Å². The molecule has 152 valence electrons. The van der Waals surface area contributed by atoms with E-state index in [1.165, 1.54) is 0 Å². The average Bonchev–Trinajstić information content (AvgIpc) is 3.22. The fourth-order valence-corrected chi connectivity index (χ4v) is 4.58. The van der Waals surface area contributed by atoms with Crippen LogP contribution in [0.1, 0.15) is 35.1 Å². The summed E-state index contributed by atoms with van der Waals surface area (Å²) in [6, 6.07) is 7.28. The number of hydrogen-bond acceptors (Lipinski definition) is 6. The first-order valence-electron chi connectivity index (χ1n) is 9.50. The van der Waals surface area contributed by atoms with Crippen LogP contribution >= 0.6 is 0 Å². The first kappa shape index (κ1) is 19.1. The number of nitro benzene ring substituents is 1. The van der Waals surface area contributed by atoms with Crippen molar-refractivity contribution in [1.82, 2.24) is 0 Å². The van der Waals surface area contributed by atoms with Gasteiger partial charge in [0.15, 0.2) is 11.5 Å². The quantitative estimate of drug-likeness (QED) is 0.446. The molecule has 29 heavy (non-hydrogen) atoms. The highest BCUT2D eigenvalue weighted by Crippen LogP contribution is 2.53. The van der Waals surface area contributed by atoms with Crippen molar-refractivity contribution in [2.45, 2.75) is 25.3 Å². The van der Waals surface area contributed by atoms with Crippen molar-refractivity contribution in [3.05, 3.63) is 63.2 Å². The van der Waals surface area contributed by atoms with Gasteiger partial charge in [-0.3, -0.25) is 10.1 Å². The minimum absolute atomic E-state index is 0.0105. The molecule has 0 bridgehead atoms. The van der Waals surface area contributed by atoms with Gasteiger partial charge in [0.2, 0.25) is 5.75 Å². The lowest BCUT2D eigenvalue weighted by atomic mass is 9.76. The lowest BCUT2D eigenvalue weighted by Crippen LogP contribution is -2.29. The van der Waals surface area contributed by atoms with Crippen LogP contribution in [0.3, 0.4) is 0 Å². The first-order valence-corrected chi connectivity index (χ1v) is 9.50. The number of methoxy groups -OCH3 is 3. The third kappa shape index (κ3) is 3.06. The number of benzene rings is 2. The lowest BCUT2D eigenvalue weighted by Gasteiger charge is -2.38. The SMILES string of the molecule is COc1cc(C2Nc3c(C)cc([N+](=O)[O-])cc3C3C=CCC32)cc(OC)c1OC. The standard InChI is InChI=1S/C22H24N2O5/c1-12-8-14(24(25)26)11-17-15-6-5-7-16(15)21(23-20(12)17)13-9-18(27-2)22(29-4)19(10-13)28-3/h5-6,8-11,15-16,21,23H,7H2,1-4H3. The highest BCUT2D eigenvalue weighted by Gasteiger charge is 2.40. The van der Waals surface area contributed by atoms with Gasteiger partial charge in [-0.1, -0.05) is 12.2 Å². The molecule has 1 N–H and O–H groups in total. The Morgan fingerprint density at radius 1 is 1.07 bits per heavy atom. The van der Waals surface area contributed by atoms with E-state index in [2.05, 4.69) is 17.5 Å². The predicted octanol–water partition coefficient (Wildman–Crippen LogP) is 4.76. The van der Waals surface area contributed by atoms with Gasteiger partial charge in [0.25, 0.3) is 5.69 Å². The van der Waals surface area contributed by atoms with Crippen molar-refractivity contribution >= 4 is 11.4 Å². The number of nitrogens with zero attached hydrogens (tertiary/aromatic N) is 1. The molecule has 0 spiro atoms. The highest BCUT2D eigenvalue weighted by atomic mass is 16.6. The Labute approximate surface area is 169 Å². The van der Waals surface area contributed by atoms with Crippen LogP contribution in [0.25, 0.3) is 0 Å². The summed E-state index contributed by atoms with van der Waals surface area (Å²) in [7, 11) is 4.80. The number of fused-ring (bicyclic) bond motifs is 3. The molecule has 2 aliphatic rings. The van der Waals surface area contributed by atoms with Gasteiger partial charge >= 0.3 is 0 Å². The van der Waals surface area contributed by atoms with Crippen LogP contribution in [0, 0.1) is 23.0 Å². The van der Waals surface area contributed by atoms with Crippen LogP contribution in [0.4, 0.5) is 11.4 Å². The molecule has 0 saturated heterocycles. The Bertz CT molecular complexity index is 976. The smallest absolute Gasteiger partial charge is 0.270 e. The van der Waals surface area contributed by atoms with Gasteiger partial charge < -0.3 is 19.5 Å². The molecule has 1 aliphatic heterocycles. The van der Waals surface area contributed by atoms with E-state index in [0.29, 0.717) is 17.2 Å². The second kappa shape index (κ2) is 7.31. The zero-order valence-electron chi connectivity index (χ0n) is 16.9. The third-order valence-corrected chi connectivity index (χ3v) is 5.91. The van der Waals surface area contributed by atoms with E-state index in [-0.39, 0.29) is 28.5 Å². The van der Waals surface area contributed by atoms with Crippen LogP contribution in [0.2, 0.25) is 0 Å². The highest BCUT2D eigenvalue weighted by molar-refractivity contribution is 5.68. The molecule has 0 saturated carbocycles. The molecule has 1 heterocycles. The van der Waals surface area contributed by atoms with Gasteiger partial charge in [0.1, 0.15) is 0 Å². The van der Waals surface area contributed by atoms with Gasteiger partial charge in [0, 0.05) is 23.7 Å². The molecule has 3 atom stereocenters. The number of nitrogens with one attached hydrogen (secondary N) is 1. The summed E-state index contributed by atoms with van der Waals surface area (Å²) in [4.78, 5) is 11.0. The van der Waals surface area contributed by atoms with E-state index >= 15 is 0 Å². The monoisotopic (exact) mass is 396 g/mol. The van der Waals surface area contributed by atoms with E-state index in [4.69, 9.17) is 14.2 Å². The van der Waals surface area contributed by atoms with Crippen molar-refractivity contribution < 1.29 is 19.1 Å². The molecular formula is C22H24N2O5. The Balaban J connectivity index is 1.83. The van der Waals surface area contributed by atoms with Crippen LogP contribution in [-0.4, -0.2) is 26.3 Å². The number of allylic oxidation sites excluding steroid dienone is 2. The van der Waals surface area contributed by atoms with Crippen molar-refractivity contribution in [2.75, 3.05) is 26.6 Å². The lowest BCUT2D eigenvalue weighted by molar-refractivity contribution is -0.385. The summed E-state index contributed by atoms with van der Waals surface area (Å²) >= 11 is 0. The number of rotatable bonds is 5. The Morgan fingerprint density at radius 3 is 2.34 bits per heavy atom. The normalized spacial score (nSPS) is 21.7. The van der Waals surface area contributed by atoms with Gasteiger partial charge in [-0.15, -0.1) is 0 Å². The molecule has 3 unspecified atom stereocenters. The number of nitro groups is 1.